The summed E-state index contributed by atoms with van der Waals surface area (Å²) >= 11 is 1.43. The SMILES string of the molecule is COCCOC(=O)c1cc2ncc(C)c(C)c2s1. The quantitative estimate of drug-likeness (QED) is 0.630. The van der Waals surface area contributed by atoms with E-state index in [1.165, 1.54) is 16.9 Å². The Morgan fingerprint density at radius 1 is 1.39 bits per heavy atom. The summed E-state index contributed by atoms with van der Waals surface area (Å²) in [6.07, 6.45) is 1.82. The minimum absolute atomic E-state index is 0.273. The molecule has 0 spiro atoms. The zero-order valence-electron chi connectivity index (χ0n) is 10.6. The number of thiophene rings is 1. The summed E-state index contributed by atoms with van der Waals surface area (Å²) in [6.45, 7) is 4.73. The van der Waals surface area contributed by atoms with Crippen LogP contribution < -0.4 is 0 Å². The van der Waals surface area contributed by atoms with Crippen molar-refractivity contribution in [3.8, 4) is 0 Å². The Labute approximate surface area is 110 Å². The fraction of sp³-hybridized carbons (Fsp3) is 0.385. The molecule has 0 saturated heterocycles. The molecular weight excluding hydrogens is 250 g/mol. The van der Waals surface area contributed by atoms with E-state index < -0.39 is 0 Å². The highest BCUT2D eigenvalue weighted by molar-refractivity contribution is 7.20. The minimum atomic E-state index is -0.313. The molecule has 0 aromatic carbocycles. The Bertz CT molecular complexity index is 577. The van der Waals surface area contributed by atoms with E-state index in [1.54, 1.807) is 13.2 Å². The largest absolute Gasteiger partial charge is 0.459 e. The van der Waals surface area contributed by atoms with Crippen molar-refractivity contribution >= 4 is 27.5 Å². The van der Waals surface area contributed by atoms with Gasteiger partial charge in [-0.25, -0.2) is 4.79 Å². The molecule has 0 radical (unpaired) electrons. The van der Waals surface area contributed by atoms with Crippen LogP contribution in [0.5, 0.6) is 0 Å². The standard InChI is InChI=1S/C13H15NO3S/c1-8-7-14-10-6-11(18-12(10)9(8)2)13(15)17-5-4-16-3/h6-7H,4-5H2,1-3H3. The van der Waals surface area contributed by atoms with E-state index in [1.807, 2.05) is 20.0 Å². The van der Waals surface area contributed by atoms with Gasteiger partial charge in [-0.05, 0) is 31.0 Å². The number of hydrogen-bond acceptors (Lipinski definition) is 5. The number of methoxy groups -OCH3 is 1. The first-order valence-electron chi connectivity index (χ1n) is 5.65. The van der Waals surface area contributed by atoms with Crippen LogP contribution >= 0.6 is 11.3 Å². The van der Waals surface area contributed by atoms with Gasteiger partial charge in [-0.1, -0.05) is 0 Å². The lowest BCUT2D eigenvalue weighted by molar-refractivity contribution is 0.0393. The lowest BCUT2D eigenvalue weighted by atomic mass is 10.2. The summed E-state index contributed by atoms with van der Waals surface area (Å²) in [7, 11) is 1.57. The van der Waals surface area contributed by atoms with Crippen molar-refractivity contribution in [2.24, 2.45) is 0 Å². The number of rotatable bonds is 4. The third kappa shape index (κ3) is 2.52. The Kier molecular flexibility index (Phi) is 3.93. The molecule has 4 nitrogen and oxygen atoms in total. The zero-order chi connectivity index (χ0) is 13.1. The van der Waals surface area contributed by atoms with Gasteiger partial charge in [-0.3, -0.25) is 4.98 Å². The molecule has 0 fully saturated rings. The molecule has 0 aliphatic heterocycles. The fourth-order valence-corrected chi connectivity index (χ4v) is 2.64. The molecule has 0 amide bonds. The number of pyridine rings is 1. The van der Waals surface area contributed by atoms with Crippen LogP contribution in [0.4, 0.5) is 0 Å². The molecule has 0 N–H and O–H groups in total. The topological polar surface area (TPSA) is 48.4 Å². The fourth-order valence-electron chi connectivity index (χ4n) is 1.58. The van der Waals surface area contributed by atoms with Gasteiger partial charge in [0.05, 0.1) is 16.8 Å². The van der Waals surface area contributed by atoms with Crippen LogP contribution in [0.1, 0.15) is 20.8 Å². The highest BCUT2D eigenvalue weighted by atomic mass is 32.1. The molecule has 0 unspecified atom stereocenters. The Balaban J connectivity index is 2.25. The first-order valence-corrected chi connectivity index (χ1v) is 6.47. The number of carbonyl (C=O) groups excluding carboxylic acids is 1. The summed E-state index contributed by atoms with van der Waals surface area (Å²) in [5.74, 6) is -0.313. The van der Waals surface area contributed by atoms with Crippen LogP contribution in [-0.2, 0) is 9.47 Å². The number of carbonyl (C=O) groups is 1. The van der Waals surface area contributed by atoms with Gasteiger partial charge in [0.25, 0.3) is 0 Å². The minimum Gasteiger partial charge on any atom is -0.459 e. The van der Waals surface area contributed by atoms with Crippen LogP contribution in [-0.4, -0.2) is 31.3 Å². The predicted molar refractivity (Wildman–Crippen MR) is 71.3 cm³/mol. The smallest absolute Gasteiger partial charge is 0.348 e. The van der Waals surface area contributed by atoms with E-state index in [0.29, 0.717) is 11.5 Å². The Morgan fingerprint density at radius 2 is 2.17 bits per heavy atom. The molecule has 0 aliphatic rings. The summed E-state index contributed by atoms with van der Waals surface area (Å²) in [5, 5.41) is 0. The maximum atomic E-state index is 11.8. The lowest BCUT2D eigenvalue weighted by Gasteiger charge is -2.00. The van der Waals surface area contributed by atoms with Crippen molar-refractivity contribution in [1.82, 2.24) is 4.98 Å². The molecule has 0 atom stereocenters. The van der Waals surface area contributed by atoms with Gasteiger partial charge in [-0.15, -0.1) is 11.3 Å². The number of fused-ring (bicyclic) bond motifs is 1. The molecule has 96 valence electrons. The normalized spacial score (nSPS) is 10.8. The van der Waals surface area contributed by atoms with Crippen molar-refractivity contribution in [2.75, 3.05) is 20.3 Å². The van der Waals surface area contributed by atoms with E-state index in [2.05, 4.69) is 4.98 Å². The van der Waals surface area contributed by atoms with Gasteiger partial charge in [-0.2, -0.15) is 0 Å². The molecule has 2 heterocycles. The maximum Gasteiger partial charge on any atom is 0.348 e. The summed E-state index contributed by atoms with van der Waals surface area (Å²) < 4.78 is 11.0. The van der Waals surface area contributed by atoms with Crippen LogP contribution in [0.15, 0.2) is 12.3 Å². The van der Waals surface area contributed by atoms with Crippen molar-refractivity contribution in [3.05, 3.63) is 28.3 Å². The third-order valence-electron chi connectivity index (χ3n) is 2.76. The van der Waals surface area contributed by atoms with E-state index in [4.69, 9.17) is 9.47 Å². The van der Waals surface area contributed by atoms with E-state index in [-0.39, 0.29) is 12.6 Å². The average molecular weight is 265 g/mol. The van der Waals surface area contributed by atoms with Crippen LogP contribution in [0.25, 0.3) is 10.2 Å². The van der Waals surface area contributed by atoms with Crippen molar-refractivity contribution in [1.29, 1.82) is 0 Å². The van der Waals surface area contributed by atoms with Gasteiger partial charge in [0.1, 0.15) is 11.5 Å². The summed E-state index contributed by atoms with van der Waals surface area (Å²) in [5.41, 5.74) is 3.14. The maximum absolute atomic E-state index is 11.8. The number of aromatic nitrogens is 1. The Hall–Kier alpha value is -1.46. The molecule has 2 rings (SSSR count). The highest BCUT2D eigenvalue weighted by Crippen LogP contribution is 2.28. The first kappa shape index (κ1) is 13.0. The summed E-state index contributed by atoms with van der Waals surface area (Å²) in [6, 6.07) is 1.78. The van der Waals surface area contributed by atoms with Gasteiger partial charge < -0.3 is 9.47 Å². The molecular formula is C13H15NO3S. The zero-order valence-corrected chi connectivity index (χ0v) is 11.5. The van der Waals surface area contributed by atoms with Crippen LogP contribution in [0.2, 0.25) is 0 Å². The molecule has 5 heteroatoms. The molecule has 0 saturated carbocycles. The lowest BCUT2D eigenvalue weighted by Crippen LogP contribution is -2.08. The van der Waals surface area contributed by atoms with Gasteiger partial charge in [0, 0.05) is 13.3 Å². The van der Waals surface area contributed by atoms with Crippen LogP contribution in [0.3, 0.4) is 0 Å². The average Bonchev–Trinajstić information content (AvgIpc) is 2.79. The Morgan fingerprint density at radius 3 is 2.89 bits per heavy atom. The van der Waals surface area contributed by atoms with Gasteiger partial charge >= 0.3 is 5.97 Å². The number of esters is 1. The molecule has 0 aliphatic carbocycles. The van der Waals surface area contributed by atoms with Crippen molar-refractivity contribution in [2.45, 2.75) is 13.8 Å². The molecule has 2 aromatic rings. The van der Waals surface area contributed by atoms with E-state index >= 15 is 0 Å². The highest BCUT2D eigenvalue weighted by Gasteiger charge is 2.14. The number of ether oxygens (including phenoxy) is 2. The van der Waals surface area contributed by atoms with Crippen molar-refractivity contribution in [3.63, 3.8) is 0 Å². The first-order chi connectivity index (χ1) is 8.63. The molecule has 2 aromatic heterocycles. The molecule has 18 heavy (non-hydrogen) atoms. The van der Waals surface area contributed by atoms with Crippen LogP contribution in [0, 0.1) is 13.8 Å². The monoisotopic (exact) mass is 265 g/mol. The third-order valence-corrected chi connectivity index (χ3v) is 3.99. The predicted octanol–water partition coefficient (Wildman–Crippen LogP) is 2.72. The van der Waals surface area contributed by atoms with E-state index in [0.717, 1.165) is 15.8 Å². The number of nitrogens with zero attached hydrogens (tertiary/aromatic N) is 1. The van der Waals surface area contributed by atoms with Gasteiger partial charge in [0.15, 0.2) is 0 Å². The number of hydrogen-bond donors (Lipinski definition) is 0. The van der Waals surface area contributed by atoms with Gasteiger partial charge in [0.2, 0.25) is 0 Å². The van der Waals surface area contributed by atoms with E-state index in [9.17, 15) is 4.79 Å². The second kappa shape index (κ2) is 5.46. The van der Waals surface area contributed by atoms with Crippen molar-refractivity contribution < 1.29 is 14.3 Å². The second-order valence-corrected chi connectivity index (χ2v) is 5.07. The second-order valence-electron chi connectivity index (χ2n) is 4.02. The molecule has 0 bridgehead atoms. The number of aryl methyl sites for hydroxylation is 2. The summed E-state index contributed by atoms with van der Waals surface area (Å²) in [4.78, 5) is 16.7.